The molecule has 1 N–H and O–H groups in total. The lowest BCUT2D eigenvalue weighted by molar-refractivity contribution is 0.0899. The highest BCUT2D eigenvalue weighted by atomic mass is 32.1. The van der Waals surface area contributed by atoms with E-state index in [1.807, 2.05) is 0 Å². The summed E-state index contributed by atoms with van der Waals surface area (Å²) < 4.78 is 0. The van der Waals surface area contributed by atoms with Gasteiger partial charge in [0.05, 0.1) is 0 Å². The molecule has 2 heterocycles. The van der Waals surface area contributed by atoms with Gasteiger partial charge in [0.25, 0.3) is 0 Å². The van der Waals surface area contributed by atoms with Crippen molar-refractivity contribution in [2.24, 2.45) is 0 Å². The molecule has 1 aliphatic rings. The second-order valence-corrected chi connectivity index (χ2v) is 4.98. The lowest BCUT2D eigenvalue weighted by Gasteiger charge is -2.34. The monoisotopic (exact) mass is 225 g/mol. The molecule has 4 heteroatoms. The van der Waals surface area contributed by atoms with Crippen LogP contribution in [0.2, 0.25) is 0 Å². The van der Waals surface area contributed by atoms with Crippen molar-refractivity contribution in [3.63, 3.8) is 0 Å². The fourth-order valence-electron chi connectivity index (χ4n) is 1.81. The number of piperazine rings is 1. The lowest BCUT2D eigenvalue weighted by atomic mass is 10.2. The molecule has 15 heavy (non-hydrogen) atoms. The van der Waals surface area contributed by atoms with E-state index in [9.17, 15) is 0 Å². The van der Waals surface area contributed by atoms with E-state index >= 15 is 0 Å². The summed E-state index contributed by atoms with van der Waals surface area (Å²) in [6.07, 6.45) is 0. The largest absolute Gasteiger partial charge is 0.304 e. The van der Waals surface area contributed by atoms with Crippen molar-refractivity contribution < 1.29 is 0 Å². The molecule has 0 saturated carbocycles. The molecular weight excluding hydrogens is 206 g/mol. The van der Waals surface area contributed by atoms with Crippen LogP contribution in [0.4, 0.5) is 0 Å². The molecule has 0 spiro atoms. The Hall–Kier alpha value is -0.420. The zero-order valence-electron chi connectivity index (χ0n) is 9.44. The summed E-state index contributed by atoms with van der Waals surface area (Å²) in [6.45, 7) is 6.77. The van der Waals surface area contributed by atoms with Crippen LogP contribution in [0, 0.1) is 0 Å². The van der Waals surface area contributed by atoms with Gasteiger partial charge in [0.15, 0.2) is 0 Å². The van der Waals surface area contributed by atoms with Crippen LogP contribution in [-0.4, -0.2) is 43.1 Å². The molecule has 1 aromatic heterocycles. The summed E-state index contributed by atoms with van der Waals surface area (Å²) in [6, 6.07) is 2.62. The van der Waals surface area contributed by atoms with Gasteiger partial charge in [-0.15, -0.1) is 0 Å². The van der Waals surface area contributed by atoms with Crippen LogP contribution in [0.1, 0.15) is 18.5 Å². The van der Waals surface area contributed by atoms with Crippen LogP contribution in [0.3, 0.4) is 0 Å². The lowest BCUT2D eigenvalue weighted by Crippen LogP contribution is -2.51. The molecule has 0 amide bonds. The highest BCUT2D eigenvalue weighted by Gasteiger charge is 2.16. The predicted molar refractivity (Wildman–Crippen MR) is 64.9 cm³/mol. The Bertz CT molecular complexity index is 278. The Balaban J connectivity index is 1.82. The molecule has 2 rings (SSSR count). The predicted octanol–water partition coefficient (Wildman–Crippen LogP) is 1.56. The van der Waals surface area contributed by atoms with E-state index in [2.05, 4.69) is 46.1 Å². The molecule has 1 aliphatic heterocycles. The number of nitrogens with zero attached hydrogens (tertiary/aromatic N) is 2. The Morgan fingerprint density at radius 1 is 1.33 bits per heavy atom. The standard InChI is InChI=1S/C11H19N3S/c1-10(11-3-8-15-9-11)12-14-6-4-13(2)5-7-14/h3,8-10,12H,4-7H2,1-2H3. The quantitative estimate of drug-likeness (QED) is 0.842. The molecule has 0 radical (unpaired) electrons. The van der Waals surface area contributed by atoms with Gasteiger partial charge in [0.1, 0.15) is 0 Å². The number of hydrogen-bond acceptors (Lipinski definition) is 4. The molecule has 1 unspecified atom stereocenters. The average Bonchev–Trinajstić information content (AvgIpc) is 2.74. The minimum atomic E-state index is 0.430. The highest BCUT2D eigenvalue weighted by Crippen LogP contribution is 2.16. The van der Waals surface area contributed by atoms with Crippen LogP contribution in [-0.2, 0) is 0 Å². The van der Waals surface area contributed by atoms with Crippen LogP contribution in [0.15, 0.2) is 16.8 Å². The Labute approximate surface area is 95.7 Å². The molecule has 1 saturated heterocycles. The van der Waals surface area contributed by atoms with E-state index in [1.165, 1.54) is 5.56 Å². The Morgan fingerprint density at radius 3 is 2.67 bits per heavy atom. The Kier molecular flexibility index (Phi) is 3.75. The van der Waals surface area contributed by atoms with Gasteiger partial charge in [-0.05, 0) is 36.4 Å². The number of likely N-dealkylation sites (N-methyl/N-ethyl adjacent to an activating group) is 1. The summed E-state index contributed by atoms with van der Waals surface area (Å²) in [7, 11) is 2.18. The number of thiophene rings is 1. The first-order chi connectivity index (χ1) is 7.25. The van der Waals surface area contributed by atoms with E-state index in [0.717, 1.165) is 26.2 Å². The molecule has 84 valence electrons. The van der Waals surface area contributed by atoms with Gasteiger partial charge in [0.2, 0.25) is 0 Å². The van der Waals surface area contributed by atoms with Gasteiger partial charge in [-0.3, -0.25) is 0 Å². The summed E-state index contributed by atoms with van der Waals surface area (Å²) in [5, 5.41) is 6.69. The first-order valence-electron chi connectivity index (χ1n) is 5.47. The third-order valence-electron chi connectivity index (χ3n) is 2.92. The molecule has 0 bridgehead atoms. The fraction of sp³-hybridized carbons (Fsp3) is 0.636. The van der Waals surface area contributed by atoms with E-state index in [-0.39, 0.29) is 0 Å². The number of hydrazine groups is 1. The van der Waals surface area contributed by atoms with Crippen molar-refractivity contribution in [3.8, 4) is 0 Å². The smallest absolute Gasteiger partial charge is 0.0444 e. The second kappa shape index (κ2) is 5.07. The van der Waals surface area contributed by atoms with Crippen LogP contribution in [0.25, 0.3) is 0 Å². The summed E-state index contributed by atoms with van der Waals surface area (Å²) >= 11 is 1.76. The molecule has 0 aliphatic carbocycles. The van der Waals surface area contributed by atoms with Crippen molar-refractivity contribution in [1.29, 1.82) is 0 Å². The zero-order chi connectivity index (χ0) is 10.7. The summed E-state index contributed by atoms with van der Waals surface area (Å²) in [5.74, 6) is 0. The molecule has 1 aromatic rings. The molecule has 0 aromatic carbocycles. The van der Waals surface area contributed by atoms with E-state index in [1.54, 1.807) is 11.3 Å². The van der Waals surface area contributed by atoms with E-state index in [4.69, 9.17) is 0 Å². The minimum Gasteiger partial charge on any atom is -0.304 e. The minimum absolute atomic E-state index is 0.430. The molecule has 1 atom stereocenters. The van der Waals surface area contributed by atoms with Crippen LogP contribution >= 0.6 is 11.3 Å². The normalized spacial score (nSPS) is 21.7. The van der Waals surface area contributed by atoms with Crippen molar-refractivity contribution in [2.75, 3.05) is 33.2 Å². The van der Waals surface area contributed by atoms with Gasteiger partial charge < -0.3 is 4.90 Å². The first-order valence-corrected chi connectivity index (χ1v) is 6.42. The fourth-order valence-corrected chi connectivity index (χ4v) is 2.56. The van der Waals surface area contributed by atoms with Crippen LogP contribution in [0.5, 0.6) is 0 Å². The van der Waals surface area contributed by atoms with Gasteiger partial charge in [-0.1, -0.05) is 0 Å². The summed E-state index contributed by atoms with van der Waals surface area (Å²) in [5.41, 5.74) is 4.94. The van der Waals surface area contributed by atoms with Gasteiger partial charge in [-0.25, -0.2) is 10.4 Å². The third kappa shape index (κ3) is 3.01. The van der Waals surface area contributed by atoms with Crippen LogP contribution < -0.4 is 5.43 Å². The number of nitrogens with one attached hydrogen (secondary N) is 1. The maximum atomic E-state index is 3.56. The third-order valence-corrected chi connectivity index (χ3v) is 3.62. The van der Waals surface area contributed by atoms with Crippen molar-refractivity contribution in [3.05, 3.63) is 22.4 Å². The maximum absolute atomic E-state index is 3.56. The molecule has 1 fully saturated rings. The Morgan fingerprint density at radius 2 is 2.07 bits per heavy atom. The topological polar surface area (TPSA) is 18.5 Å². The van der Waals surface area contributed by atoms with E-state index in [0.29, 0.717) is 6.04 Å². The maximum Gasteiger partial charge on any atom is 0.0444 e. The van der Waals surface area contributed by atoms with E-state index < -0.39 is 0 Å². The summed E-state index contributed by atoms with van der Waals surface area (Å²) in [4.78, 5) is 2.37. The van der Waals surface area contributed by atoms with Crippen molar-refractivity contribution in [2.45, 2.75) is 13.0 Å². The number of rotatable bonds is 3. The second-order valence-electron chi connectivity index (χ2n) is 4.20. The molecular formula is C11H19N3S. The number of hydrogen-bond donors (Lipinski definition) is 1. The van der Waals surface area contributed by atoms with Gasteiger partial charge in [-0.2, -0.15) is 11.3 Å². The molecule has 3 nitrogen and oxygen atoms in total. The SMILES string of the molecule is CC(NN1CCN(C)CC1)c1ccsc1. The highest BCUT2D eigenvalue weighted by molar-refractivity contribution is 7.07. The average molecular weight is 225 g/mol. The van der Waals surface area contributed by atoms with Crippen molar-refractivity contribution >= 4 is 11.3 Å². The first kappa shape index (κ1) is 11.1. The van der Waals surface area contributed by atoms with Crippen molar-refractivity contribution in [1.82, 2.24) is 15.3 Å². The zero-order valence-corrected chi connectivity index (χ0v) is 10.3. The van der Waals surface area contributed by atoms with Gasteiger partial charge >= 0.3 is 0 Å². The van der Waals surface area contributed by atoms with Gasteiger partial charge in [0, 0.05) is 32.2 Å².